The fraction of sp³-hybridized carbons (Fsp3) is 0.526. The van der Waals surface area contributed by atoms with Crippen LogP contribution in [-0.4, -0.2) is 40.8 Å². The highest BCUT2D eigenvalue weighted by atomic mass is 16.5. The van der Waals surface area contributed by atoms with Crippen molar-refractivity contribution in [1.82, 2.24) is 9.88 Å². The Morgan fingerprint density at radius 1 is 1.33 bits per heavy atom. The fourth-order valence-corrected chi connectivity index (χ4v) is 3.44. The first-order chi connectivity index (χ1) is 11.6. The normalized spacial score (nSPS) is 18.0. The summed E-state index contributed by atoms with van der Waals surface area (Å²) in [7, 11) is 0. The van der Waals surface area contributed by atoms with E-state index in [0.717, 1.165) is 48.1 Å². The standard InChI is InChI=1S/C19H26N2O3/c1-3-24-17-4-5-18-15(11-17)10-16(19(23)20-18)12-21-8-6-14(7-9-21)13(2)22/h4-5,10-11,13-14,22H,3,6-9,12H2,1-2H3,(H,20,23)/t13-/m1/s1. The Morgan fingerprint density at radius 3 is 2.75 bits per heavy atom. The summed E-state index contributed by atoms with van der Waals surface area (Å²) in [5.74, 6) is 1.20. The molecular formula is C19H26N2O3. The SMILES string of the molecule is CCOc1ccc2[nH]c(=O)c(CN3CCC([C@@H](C)O)CC3)cc2c1. The highest BCUT2D eigenvalue weighted by Crippen LogP contribution is 2.23. The maximum Gasteiger partial charge on any atom is 0.252 e. The number of aromatic nitrogens is 1. The zero-order valence-electron chi connectivity index (χ0n) is 14.4. The summed E-state index contributed by atoms with van der Waals surface area (Å²) in [4.78, 5) is 17.6. The van der Waals surface area contributed by atoms with E-state index in [1.54, 1.807) is 0 Å². The van der Waals surface area contributed by atoms with E-state index in [4.69, 9.17) is 4.74 Å². The molecule has 5 heteroatoms. The molecule has 0 aliphatic carbocycles. The topological polar surface area (TPSA) is 65.6 Å². The van der Waals surface area contributed by atoms with Crippen LogP contribution in [0, 0.1) is 5.92 Å². The number of aliphatic hydroxyl groups excluding tert-OH is 1. The second-order valence-electron chi connectivity index (χ2n) is 6.66. The van der Waals surface area contributed by atoms with Gasteiger partial charge in [0.05, 0.1) is 12.7 Å². The van der Waals surface area contributed by atoms with E-state index in [-0.39, 0.29) is 11.7 Å². The molecule has 0 saturated carbocycles. The summed E-state index contributed by atoms with van der Waals surface area (Å²) in [5.41, 5.74) is 1.59. The van der Waals surface area contributed by atoms with E-state index in [1.807, 2.05) is 38.1 Å². The van der Waals surface area contributed by atoms with E-state index in [1.165, 1.54) is 0 Å². The summed E-state index contributed by atoms with van der Waals surface area (Å²) in [6, 6.07) is 7.71. The second kappa shape index (κ2) is 7.36. The molecule has 2 N–H and O–H groups in total. The average Bonchev–Trinajstić information content (AvgIpc) is 2.56. The Bertz CT molecular complexity index is 746. The lowest BCUT2D eigenvalue weighted by molar-refractivity contribution is 0.0694. The first-order valence-electron chi connectivity index (χ1n) is 8.76. The Balaban J connectivity index is 1.76. The Hall–Kier alpha value is -1.85. The number of fused-ring (bicyclic) bond motifs is 1. The van der Waals surface area contributed by atoms with Gasteiger partial charge in [0, 0.05) is 23.0 Å². The third kappa shape index (κ3) is 3.79. The zero-order chi connectivity index (χ0) is 17.1. The molecular weight excluding hydrogens is 304 g/mol. The number of aliphatic hydroxyl groups is 1. The largest absolute Gasteiger partial charge is 0.494 e. The van der Waals surface area contributed by atoms with E-state index in [0.29, 0.717) is 19.1 Å². The lowest BCUT2D eigenvalue weighted by Gasteiger charge is -2.33. The van der Waals surface area contributed by atoms with E-state index >= 15 is 0 Å². The van der Waals surface area contributed by atoms with Gasteiger partial charge < -0.3 is 14.8 Å². The summed E-state index contributed by atoms with van der Waals surface area (Å²) >= 11 is 0. The molecule has 1 atom stereocenters. The van der Waals surface area contributed by atoms with Crippen LogP contribution in [0.3, 0.4) is 0 Å². The average molecular weight is 330 g/mol. The predicted molar refractivity (Wildman–Crippen MR) is 95.4 cm³/mol. The molecule has 5 nitrogen and oxygen atoms in total. The van der Waals surface area contributed by atoms with Crippen LogP contribution in [-0.2, 0) is 6.54 Å². The van der Waals surface area contributed by atoms with Crippen LogP contribution in [0.5, 0.6) is 5.75 Å². The van der Waals surface area contributed by atoms with Crippen molar-refractivity contribution in [2.75, 3.05) is 19.7 Å². The van der Waals surface area contributed by atoms with Crippen LogP contribution in [0.15, 0.2) is 29.1 Å². The number of pyridine rings is 1. The van der Waals surface area contributed by atoms with Gasteiger partial charge in [-0.05, 0) is 70.0 Å². The molecule has 0 bridgehead atoms. The van der Waals surface area contributed by atoms with Gasteiger partial charge in [0.25, 0.3) is 5.56 Å². The molecule has 0 spiro atoms. The number of piperidine rings is 1. The Kier molecular flexibility index (Phi) is 5.21. The van der Waals surface area contributed by atoms with Crippen LogP contribution < -0.4 is 10.3 Å². The van der Waals surface area contributed by atoms with E-state index in [2.05, 4.69) is 9.88 Å². The smallest absolute Gasteiger partial charge is 0.252 e. The van der Waals surface area contributed by atoms with Gasteiger partial charge in [0.15, 0.2) is 0 Å². The summed E-state index contributed by atoms with van der Waals surface area (Å²) < 4.78 is 5.54. The summed E-state index contributed by atoms with van der Waals surface area (Å²) in [5, 5.41) is 10.7. The predicted octanol–water partition coefficient (Wildman–Crippen LogP) is 2.52. The minimum atomic E-state index is -0.242. The molecule has 0 amide bonds. The molecule has 24 heavy (non-hydrogen) atoms. The lowest BCUT2D eigenvalue weighted by Crippen LogP contribution is -2.37. The molecule has 2 heterocycles. The molecule has 1 aliphatic rings. The second-order valence-corrected chi connectivity index (χ2v) is 6.66. The number of hydrogen-bond acceptors (Lipinski definition) is 4. The van der Waals surface area contributed by atoms with Crippen LogP contribution in [0.25, 0.3) is 10.9 Å². The first kappa shape index (κ1) is 17.0. The number of nitrogens with one attached hydrogen (secondary N) is 1. The van der Waals surface area contributed by atoms with Gasteiger partial charge in [0.2, 0.25) is 0 Å². The third-order valence-electron chi connectivity index (χ3n) is 4.91. The first-order valence-corrected chi connectivity index (χ1v) is 8.76. The molecule has 2 aromatic rings. The van der Waals surface area contributed by atoms with Gasteiger partial charge >= 0.3 is 0 Å². The van der Waals surface area contributed by atoms with Crippen LogP contribution in [0.4, 0.5) is 0 Å². The molecule has 0 radical (unpaired) electrons. The molecule has 1 fully saturated rings. The molecule has 1 aliphatic heterocycles. The number of H-pyrrole nitrogens is 1. The molecule has 3 rings (SSSR count). The van der Waals surface area contributed by atoms with Crippen molar-refractivity contribution < 1.29 is 9.84 Å². The van der Waals surface area contributed by atoms with Crippen molar-refractivity contribution >= 4 is 10.9 Å². The van der Waals surface area contributed by atoms with Gasteiger partial charge in [-0.2, -0.15) is 0 Å². The van der Waals surface area contributed by atoms with Gasteiger partial charge in [0.1, 0.15) is 5.75 Å². The van der Waals surface area contributed by atoms with Gasteiger partial charge in [-0.15, -0.1) is 0 Å². The van der Waals surface area contributed by atoms with E-state index in [9.17, 15) is 9.90 Å². The highest BCUT2D eigenvalue weighted by molar-refractivity contribution is 5.80. The summed E-state index contributed by atoms with van der Waals surface area (Å²) in [6.45, 7) is 6.94. The van der Waals surface area contributed by atoms with Crippen molar-refractivity contribution in [2.24, 2.45) is 5.92 Å². The maximum atomic E-state index is 12.3. The monoisotopic (exact) mass is 330 g/mol. The van der Waals surface area contributed by atoms with E-state index < -0.39 is 0 Å². The van der Waals surface area contributed by atoms with Crippen molar-refractivity contribution in [3.05, 3.63) is 40.2 Å². The molecule has 1 saturated heterocycles. The van der Waals surface area contributed by atoms with Crippen molar-refractivity contribution in [2.45, 2.75) is 39.3 Å². The van der Waals surface area contributed by atoms with Crippen molar-refractivity contribution in [1.29, 1.82) is 0 Å². The van der Waals surface area contributed by atoms with Gasteiger partial charge in [-0.1, -0.05) is 0 Å². The number of likely N-dealkylation sites (tertiary alicyclic amines) is 1. The minimum absolute atomic E-state index is 0.0238. The third-order valence-corrected chi connectivity index (χ3v) is 4.91. The maximum absolute atomic E-state index is 12.3. The quantitative estimate of drug-likeness (QED) is 0.884. The molecule has 0 unspecified atom stereocenters. The number of aromatic amines is 1. The van der Waals surface area contributed by atoms with Gasteiger partial charge in [-0.3, -0.25) is 9.69 Å². The lowest BCUT2D eigenvalue weighted by atomic mass is 9.92. The van der Waals surface area contributed by atoms with Gasteiger partial charge in [-0.25, -0.2) is 0 Å². The zero-order valence-corrected chi connectivity index (χ0v) is 14.4. The summed E-state index contributed by atoms with van der Waals surface area (Å²) in [6.07, 6.45) is 1.73. The molecule has 130 valence electrons. The number of benzene rings is 1. The Labute approximate surface area is 142 Å². The van der Waals surface area contributed by atoms with Crippen molar-refractivity contribution in [3.8, 4) is 5.75 Å². The van der Waals surface area contributed by atoms with Crippen molar-refractivity contribution in [3.63, 3.8) is 0 Å². The minimum Gasteiger partial charge on any atom is -0.494 e. The molecule has 1 aromatic carbocycles. The molecule has 1 aromatic heterocycles. The Morgan fingerprint density at radius 2 is 2.08 bits per heavy atom. The highest BCUT2D eigenvalue weighted by Gasteiger charge is 2.23. The number of nitrogens with zero attached hydrogens (tertiary/aromatic N) is 1. The van der Waals surface area contributed by atoms with Crippen LogP contribution in [0.2, 0.25) is 0 Å². The van der Waals surface area contributed by atoms with Crippen LogP contribution >= 0.6 is 0 Å². The number of rotatable bonds is 5. The van der Waals surface area contributed by atoms with Crippen LogP contribution in [0.1, 0.15) is 32.3 Å². The number of ether oxygens (including phenoxy) is 1. The number of hydrogen-bond donors (Lipinski definition) is 2. The fourth-order valence-electron chi connectivity index (χ4n) is 3.44.